The first-order valence-corrected chi connectivity index (χ1v) is 6.26. The van der Waals surface area contributed by atoms with Crippen LogP contribution < -0.4 is 11.1 Å². The number of hydrogen-bond acceptors (Lipinski definition) is 6. The van der Waals surface area contributed by atoms with Crippen molar-refractivity contribution >= 4 is 23.5 Å². The third-order valence-corrected chi connectivity index (χ3v) is 2.76. The van der Waals surface area contributed by atoms with Crippen molar-refractivity contribution in [1.82, 2.24) is 14.9 Å². The van der Waals surface area contributed by atoms with Gasteiger partial charge in [-0.25, -0.2) is 4.98 Å². The van der Waals surface area contributed by atoms with Gasteiger partial charge >= 0.3 is 0 Å². The van der Waals surface area contributed by atoms with Crippen molar-refractivity contribution in [3.63, 3.8) is 0 Å². The molecule has 0 radical (unpaired) electrons. The van der Waals surface area contributed by atoms with Gasteiger partial charge in [0, 0.05) is 24.9 Å². The molecule has 0 fully saturated rings. The minimum Gasteiger partial charge on any atom is -0.370 e. The van der Waals surface area contributed by atoms with Crippen molar-refractivity contribution in [2.75, 3.05) is 44.0 Å². The summed E-state index contributed by atoms with van der Waals surface area (Å²) in [5.41, 5.74) is 5.64. The highest BCUT2D eigenvalue weighted by Gasteiger charge is 2.02. The van der Waals surface area contributed by atoms with Gasteiger partial charge in [-0.3, -0.25) is 0 Å². The zero-order chi connectivity index (χ0) is 12.0. The molecule has 1 aromatic rings. The minimum absolute atomic E-state index is 0.325. The van der Waals surface area contributed by atoms with Gasteiger partial charge in [0.25, 0.3) is 0 Å². The predicted molar refractivity (Wildman–Crippen MR) is 69.9 cm³/mol. The Morgan fingerprint density at radius 2 is 2.19 bits per heavy atom. The van der Waals surface area contributed by atoms with E-state index in [0.717, 1.165) is 29.7 Å². The molecule has 0 atom stereocenters. The van der Waals surface area contributed by atoms with Crippen LogP contribution in [0.2, 0.25) is 0 Å². The molecule has 3 N–H and O–H groups in total. The monoisotopic (exact) mass is 241 g/mol. The Kier molecular flexibility index (Phi) is 5.34. The second-order valence-electron chi connectivity index (χ2n) is 3.63. The topological polar surface area (TPSA) is 67.1 Å². The fraction of sp³-hybridized carbons (Fsp3) is 0.600. The van der Waals surface area contributed by atoms with Gasteiger partial charge in [0.1, 0.15) is 10.8 Å². The average molecular weight is 241 g/mol. The Bertz CT molecular complexity index is 329. The van der Waals surface area contributed by atoms with Gasteiger partial charge in [-0.1, -0.05) is 0 Å². The number of nitrogen functional groups attached to an aromatic ring is 1. The number of rotatable bonds is 6. The van der Waals surface area contributed by atoms with Crippen molar-refractivity contribution in [2.45, 2.75) is 11.9 Å². The SMILES string of the molecule is CCNc1cc(SCCN(C)C)nc(N)n1. The molecule has 0 aliphatic heterocycles. The number of nitrogens with one attached hydrogen (secondary N) is 1. The second-order valence-corrected chi connectivity index (χ2v) is 4.75. The van der Waals surface area contributed by atoms with Crippen LogP contribution in [-0.2, 0) is 0 Å². The molecule has 0 saturated heterocycles. The summed E-state index contributed by atoms with van der Waals surface area (Å²) in [7, 11) is 4.11. The molecule has 6 heteroatoms. The number of nitrogens with zero attached hydrogens (tertiary/aromatic N) is 3. The smallest absolute Gasteiger partial charge is 0.223 e. The molecule has 0 aromatic carbocycles. The van der Waals surface area contributed by atoms with Gasteiger partial charge in [-0.15, -0.1) is 11.8 Å². The quantitative estimate of drug-likeness (QED) is 0.575. The van der Waals surface area contributed by atoms with E-state index in [0.29, 0.717) is 5.95 Å². The maximum Gasteiger partial charge on any atom is 0.223 e. The van der Waals surface area contributed by atoms with E-state index < -0.39 is 0 Å². The van der Waals surface area contributed by atoms with Gasteiger partial charge in [0.15, 0.2) is 0 Å². The highest BCUT2D eigenvalue weighted by atomic mass is 32.2. The van der Waals surface area contributed by atoms with Crippen LogP contribution in [0.5, 0.6) is 0 Å². The van der Waals surface area contributed by atoms with Crippen LogP contribution in [0, 0.1) is 0 Å². The Labute approximate surface area is 101 Å². The van der Waals surface area contributed by atoms with E-state index in [1.54, 1.807) is 11.8 Å². The Balaban J connectivity index is 2.58. The summed E-state index contributed by atoms with van der Waals surface area (Å²) >= 11 is 1.69. The summed E-state index contributed by atoms with van der Waals surface area (Å²) in [6.45, 7) is 3.88. The number of aromatic nitrogens is 2. The fourth-order valence-electron chi connectivity index (χ4n) is 1.12. The van der Waals surface area contributed by atoms with Crippen LogP contribution >= 0.6 is 11.8 Å². The van der Waals surface area contributed by atoms with E-state index in [1.165, 1.54) is 0 Å². The Hall–Kier alpha value is -1.01. The molecule has 0 amide bonds. The molecule has 0 bridgehead atoms. The largest absolute Gasteiger partial charge is 0.370 e. The van der Waals surface area contributed by atoms with E-state index in [-0.39, 0.29) is 0 Å². The summed E-state index contributed by atoms with van der Waals surface area (Å²) in [6.07, 6.45) is 0. The summed E-state index contributed by atoms with van der Waals surface area (Å²) in [5.74, 6) is 2.11. The fourth-order valence-corrected chi connectivity index (χ4v) is 2.14. The Morgan fingerprint density at radius 3 is 2.81 bits per heavy atom. The minimum atomic E-state index is 0.325. The number of nitrogens with two attached hydrogens (primary N) is 1. The molecule has 90 valence electrons. The molecule has 0 spiro atoms. The zero-order valence-corrected chi connectivity index (χ0v) is 10.8. The van der Waals surface area contributed by atoms with Crippen molar-refractivity contribution in [3.05, 3.63) is 6.07 Å². The van der Waals surface area contributed by atoms with E-state index in [2.05, 4.69) is 34.3 Å². The standard InChI is InChI=1S/C10H19N5S/c1-4-12-8-7-9(14-10(11)13-8)16-6-5-15(2)3/h7H,4-6H2,1-3H3,(H3,11,12,13,14). The lowest BCUT2D eigenvalue weighted by atomic mass is 10.5. The third kappa shape index (κ3) is 4.67. The van der Waals surface area contributed by atoms with Crippen LogP contribution in [0.3, 0.4) is 0 Å². The molecule has 0 aliphatic rings. The highest BCUT2D eigenvalue weighted by molar-refractivity contribution is 7.99. The van der Waals surface area contributed by atoms with E-state index in [4.69, 9.17) is 5.73 Å². The Morgan fingerprint density at radius 1 is 1.44 bits per heavy atom. The lowest BCUT2D eigenvalue weighted by molar-refractivity contribution is 0.437. The first kappa shape index (κ1) is 13.1. The predicted octanol–water partition coefficient (Wildman–Crippen LogP) is 1.14. The maximum absolute atomic E-state index is 5.64. The molecule has 1 heterocycles. The lowest BCUT2D eigenvalue weighted by Gasteiger charge is -2.09. The first-order chi connectivity index (χ1) is 7.61. The molecule has 1 aromatic heterocycles. The number of hydrogen-bond donors (Lipinski definition) is 2. The van der Waals surface area contributed by atoms with Gasteiger partial charge in [0.2, 0.25) is 5.95 Å². The van der Waals surface area contributed by atoms with Gasteiger partial charge in [-0.05, 0) is 21.0 Å². The van der Waals surface area contributed by atoms with Crippen LogP contribution in [0.1, 0.15) is 6.92 Å². The molecular formula is C10H19N5S. The van der Waals surface area contributed by atoms with E-state index in [1.807, 2.05) is 13.0 Å². The first-order valence-electron chi connectivity index (χ1n) is 5.27. The third-order valence-electron chi connectivity index (χ3n) is 1.87. The van der Waals surface area contributed by atoms with Gasteiger partial charge in [0.05, 0.1) is 0 Å². The van der Waals surface area contributed by atoms with Crippen molar-refractivity contribution in [1.29, 1.82) is 0 Å². The molecule has 5 nitrogen and oxygen atoms in total. The van der Waals surface area contributed by atoms with Gasteiger partial charge < -0.3 is 16.0 Å². The highest BCUT2D eigenvalue weighted by Crippen LogP contribution is 2.19. The van der Waals surface area contributed by atoms with Crippen molar-refractivity contribution in [3.8, 4) is 0 Å². The number of anilines is 2. The summed E-state index contributed by atoms with van der Waals surface area (Å²) in [4.78, 5) is 10.4. The van der Waals surface area contributed by atoms with Crippen molar-refractivity contribution in [2.24, 2.45) is 0 Å². The number of thioether (sulfide) groups is 1. The second kappa shape index (κ2) is 6.55. The molecular weight excluding hydrogens is 222 g/mol. The summed E-state index contributed by atoms with van der Waals surface area (Å²) in [6, 6.07) is 1.93. The zero-order valence-electron chi connectivity index (χ0n) is 10.0. The summed E-state index contributed by atoms with van der Waals surface area (Å²) in [5, 5.41) is 4.05. The van der Waals surface area contributed by atoms with Crippen LogP contribution in [-0.4, -0.2) is 47.8 Å². The van der Waals surface area contributed by atoms with E-state index in [9.17, 15) is 0 Å². The summed E-state index contributed by atoms with van der Waals surface area (Å²) < 4.78 is 0. The van der Waals surface area contributed by atoms with Crippen LogP contribution in [0.4, 0.5) is 11.8 Å². The molecule has 0 saturated carbocycles. The van der Waals surface area contributed by atoms with Crippen molar-refractivity contribution < 1.29 is 0 Å². The van der Waals surface area contributed by atoms with E-state index >= 15 is 0 Å². The molecule has 1 rings (SSSR count). The average Bonchev–Trinajstić information content (AvgIpc) is 2.16. The maximum atomic E-state index is 5.64. The van der Waals surface area contributed by atoms with Crippen LogP contribution in [0.15, 0.2) is 11.1 Å². The molecule has 16 heavy (non-hydrogen) atoms. The molecule has 0 aliphatic carbocycles. The van der Waals surface area contributed by atoms with Gasteiger partial charge in [-0.2, -0.15) is 4.98 Å². The normalized spacial score (nSPS) is 10.8. The van der Waals surface area contributed by atoms with Crippen LogP contribution in [0.25, 0.3) is 0 Å². The molecule has 0 unspecified atom stereocenters. The lowest BCUT2D eigenvalue weighted by Crippen LogP contribution is -2.15.